The fraction of sp³-hybridized carbons (Fsp3) is 0.0833. The Bertz CT molecular complexity index is 1170. The largest absolute Gasteiger partial charge is 0.508 e. The Morgan fingerprint density at radius 1 is 0.933 bits per heavy atom. The van der Waals surface area contributed by atoms with Crippen LogP contribution < -0.4 is 10.1 Å². The lowest BCUT2D eigenvalue weighted by atomic mass is 10.0. The Hall–Kier alpha value is -4.06. The van der Waals surface area contributed by atoms with Gasteiger partial charge in [-0.25, -0.2) is 4.79 Å². The van der Waals surface area contributed by atoms with Gasteiger partial charge in [-0.1, -0.05) is 42.5 Å². The van der Waals surface area contributed by atoms with Crippen molar-refractivity contribution in [2.45, 2.75) is 12.5 Å². The number of carbonyl (C=O) groups is 2. The molecule has 0 spiro atoms. The highest BCUT2D eigenvalue weighted by atomic mass is 16.5. The number of rotatable bonds is 6. The third-order valence-electron chi connectivity index (χ3n) is 4.76. The van der Waals surface area contributed by atoms with Gasteiger partial charge in [-0.2, -0.15) is 0 Å². The maximum atomic E-state index is 13.0. The van der Waals surface area contributed by atoms with Crippen molar-refractivity contribution >= 4 is 22.8 Å². The SMILES string of the molecule is O=C(N[C@@H](Cc1ccc(O)cc1)C(=O)Oc1c[nH]c2ccccc12)c1ccccc1. The zero-order valence-corrected chi connectivity index (χ0v) is 16.0. The van der Waals surface area contributed by atoms with Crippen molar-refractivity contribution in [1.82, 2.24) is 10.3 Å². The van der Waals surface area contributed by atoms with E-state index in [1.807, 2.05) is 30.3 Å². The highest BCUT2D eigenvalue weighted by Crippen LogP contribution is 2.25. The molecular formula is C24H20N2O4. The molecule has 6 heteroatoms. The van der Waals surface area contributed by atoms with Crippen LogP contribution in [0.25, 0.3) is 10.9 Å². The number of nitrogens with one attached hydrogen (secondary N) is 2. The second kappa shape index (κ2) is 8.53. The number of amides is 1. The molecule has 3 aromatic carbocycles. The van der Waals surface area contributed by atoms with Gasteiger partial charge in [-0.3, -0.25) is 4.79 Å². The number of phenols is 1. The second-order valence-corrected chi connectivity index (χ2v) is 6.88. The number of ether oxygens (including phenoxy) is 1. The third kappa shape index (κ3) is 4.33. The average Bonchev–Trinajstić information content (AvgIpc) is 3.18. The fourth-order valence-electron chi connectivity index (χ4n) is 3.20. The van der Waals surface area contributed by atoms with Crippen LogP contribution in [0.2, 0.25) is 0 Å². The molecule has 0 saturated heterocycles. The summed E-state index contributed by atoms with van der Waals surface area (Å²) in [5, 5.41) is 13.1. The van der Waals surface area contributed by atoms with E-state index in [4.69, 9.17) is 4.74 Å². The maximum Gasteiger partial charge on any atom is 0.334 e. The van der Waals surface area contributed by atoms with Crippen LogP contribution in [-0.4, -0.2) is 28.0 Å². The number of esters is 1. The van der Waals surface area contributed by atoms with Crippen molar-refractivity contribution < 1.29 is 19.4 Å². The number of benzene rings is 3. The van der Waals surface area contributed by atoms with E-state index in [1.54, 1.807) is 42.6 Å². The van der Waals surface area contributed by atoms with Crippen LogP contribution in [0.5, 0.6) is 11.5 Å². The highest BCUT2D eigenvalue weighted by Gasteiger charge is 2.25. The number of phenolic OH excluding ortho intramolecular Hbond substituents is 1. The standard InChI is InChI=1S/C24H20N2O4/c27-18-12-10-16(11-13-18)14-21(26-23(28)17-6-2-1-3-7-17)24(29)30-22-15-25-20-9-5-4-8-19(20)22/h1-13,15,21,25,27H,14H2,(H,26,28)/t21-/m0/s1. The number of hydrogen-bond donors (Lipinski definition) is 3. The van der Waals surface area contributed by atoms with Crippen LogP contribution in [0.3, 0.4) is 0 Å². The van der Waals surface area contributed by atoms with Crippen molar-refractivity contribution in [1.29, 1.82) is 0 Å². The molecule has 4 rings (SSSR count). The van der Waals surface area contributed by atoms with Gasteiger partial charge in [0, 0.05) is 29.1 Å². The van der Waals surface area contributed by atoms with Gasteiger partial charge in [0.15, 0.2) is 5.75 Å². The number of fused-ring (bicyclic) bond motifs is 1. The molecule has 0 bridgehead atoms. The van der Waals surface area contributed by atoms with Gasteiger partial charge in [0.25, 0.3) is 5.91 Å². The minimum absolute atomic E-state index is 0.130. The summed E-state index contributed by atoms with van der Waals surface area (Å²) < 4.78 is 5.63. The molecule has 150 valence electrons. The summed E-state index contributed by atoms with van der Waals surface area (Å²) in [7, 11) is 0. The molecule has 0 unspecified atom stereocenters. The molecule has 4 aromatic rings. The van der Waals surface area contributed by atoms with E-state index in [9.17, 15) is 14.7 Å². The van der Waals surface area contributed by atoms with E-state index in [0.717, 1.165) is 16.5 Å². The number of H-pyrrole nitrogens is 1. The lowest BCUT2D eigenvalue weighted by Gasteiger charge is -2.18. The van der Waals surface area contributed by atoms with Gasteiger partial charge in [0.05, 0.1) is 0 Å². The van der Waals surface area contributed by atoms with Crippen LogP contribution in [0.15, 0.2) is 85.1 Å². The van der Waals surface area contributed by atoms with Crippen LogP contribution in [-0.2, 0) is 11.2 Å². The number of aromatic nitrogens is 1. The van der Waals surface area contributed by atoms with Gasteiger partial charge >= 0.3 is 5.97 Å². The molecule has 0 fully saturated rings. The molecular weight excluding hydrogens is 380 g/mol. The fourth-order valence-corrected chi connectivity index (χ4v) is 3.20. The highest BCUT2D eigenvalue weighted by molar-refractivity contribution is 5.97. The van der Waals surface area contributed by atoms with Crippen LogP contribution in [0.4, 0.5) is 0 Å². The van der Waals surface area contributed by atoms with E-state index in [1.165, 1.54) is 12.1 Å². The summed E-state index contributed by atoms with van der Waals surface area (Å²) in [5.74, 6) is -0.405. The van der Waals surface area contributed by atoms with Gasteiger partial charge in [0.2, 0.25) is 0 Å². The van der Waals surface area contributed by atoms with Crippen LogP contribution in [0, 0.1) is 0 Å². The molecule has 0 aliphatic heterocycles. The molecule has 1 atom stereocenters. The molecule has 1 heterocycles. The van der Waals surface area contributed by atoms with Gasteiger partial charge in [0.1, 0.15) is 11.8 Å². The van der Waals surface area contributed by atoms with Crippen molar-refractivity contribution in [2.75, 3.05) is 0 Å². The minimum atomic E-state index is -0.907. The zero-order chi connectivity index (χ0) is 20.9. The number of carbonyl (C=O) groups excluding carboxylic acids is 2. The van der Waals surface area contributed by atoms with Gasteiger partial charge in [-0.05, 0) is 42.0 Å². The first kappa shape index (κ1) is 19.3. The van der Waals surface area contributed by atoms with E-state index in [-0.39, 0.29) is 18.1 Å². The summed E-state index contributed by atoms with van der Waals surface area (Å²) in [6, 6.07) is 21.8. The van der Waals surface area contributed by atoms with Gasteiger partial charge in [-0.15, -0.1) is 0 Å². The predicted molar refractivity (Wildman–Crippen MR) is 113 cm³/mol. The summed E-state index contributed by atoms with van der Waals surface area (Å²) in [6.07, 6.45) is 1.85. The van der Waals surface area contributed by atoms with Crippen molar-refractivity contribution in [3.8, 4) is 11.5 Å². The maximum absolute atomic E-state index is 13.0. The summed E-state index contributed by atoms with van der Waals surface area (Å²) >= 11 is 0. The number of hydrogen-bond acceptors (Lipinski definition) is 4. The Morgan fingerprint density at radius 2 is 1.63 bits per heavy atom. The first-order valence-electron chi connectivity index (χ1n) is 9.52. The Labute approximate surface area is 173 Å². The Balaban J connectivity index is 1.57. The molecule has 0 saturated carbocycles. The monoisotopic (exact) mass is 400 g/mol. The molecule has 1 aromatic heterocycles. The normalized spacial score (nSPS) is 11.7. The van der Waals surface area contributed by atoms with E-state index in [0.29, 0.717) is 11.3 Å². The van der Waals surface area contributed by atoms with Crippen LogP contribution >= 0.6 is 0 Å². The molecule has 3 N–H and O–H groups in total. The third-order valence-corrected chi connectivity index (χ3v) is 4.76. The first-order valence-corrected chi connectivity index (χ1v) is 9.52. The smallest absolute Gasteiger partial charge is 0.334 e. The Morgan fingerprint density at radius 3 is 2.40 bits per heavy atom. The van der Waals surface area contributed by atoms with Crippen molar-refractivity contribution in [3.05, 3.63) is 96.2 Å². The Kier molecular flexibility index (Phi) is 5.48. The number of para-hydroxylation sites is 1. The van der Waals surface area contributed by atoms with Crippen molar-refractivity contribution in [3.63, 3.8) is 0 Å². The zero-order valence-electron chi connectivity index (χ0n) is 16.0. The quantitative estimate of drug-likeness (QED) is 0.429. The van der Waals surface area contributed by atoms with Crippen molar-refractivity contribution in [2.24, 2.45) is 0 Å². The summed E-state index contributed by atoms with van der Waals surface area (Å²) in [6.45, 7) is 0. The molecule has 30 heavy (non-hydrogen) atoms. The van der Waals surface area contributed by atoms with Gasteiger partial charge < -0.3 is 20.1 Å². The topological polar surface area (TPSA) is 91.4 Å². The summed E-state index contributed by atoms with van der Waals surface area (Å²) in [4.78, 5) is 28.7. The lowest BCUT2D eigenvalue weighted by molar-refractivity contribution is -0.136. The first-order chi connectivity index (χ1) is 14.6. The minimum Gasteiger partial charge on any atom is -0.508 e. The number of aromatic hydroxyl groups is 1. The number of aromatic amines is 1. The summed E-state index contributed by atoms with van der Waals surface area (Å²) in [5.41, 5.74) is 2.08. The second-order valence-electron chi connectivity index (χ2n) is 6.88. The molecule has 6 nitrogen and oxygen atoms in total. The molecule has 0 aliphatic rings. The average molecular weight is 400 g/mol. The lowest BCUT2D eigenvalue weighted by Crippen LogP contribution is -2.44. The van der Waals surface area contributed by atoms with E-state index in [2.05, 4.69) is 10.3 Å². The molecule has 0 radical (unpaired) electrons. The molecule has 0 aliphatic carbocycles. The van der Waals surface area contributed by atoms with Crippen LogP contribution in [0.1, 0.15) is 15.9 Å². The van der Waals surface area contributed by atoms with E-state index >= 15 is 0 Å². The molecule has 1 amide bonds. The van der Waals surface area contributed by atoms with E-state index < -0.39 is 12.0 Å². The predicted octanol–water partition coefficient (Wildman–Crippen LogP) is 3.82.